The number of nitro groups is 1. The van der Waals surface area contributed by atoms with E-state index in [0.29, 0.717) is 11.5 Å². The highest BCUT2D eigenvalue weighted by Crippen LogP contribution is 2.37. The molecule has 0 saturated carbocycles. The molecular formula is C21H17NO5. The first kappa shape index (κ1) is 16.9. The lowest BCUT2D eigenvalue weighted by Gasteiger charge is -2.09. The normalized spacial score (nSPS) is 11.2. The third-order valence-electron chi connectivity index (χ3n) is 4.37. The van der Waals surface area contributed by atoms with Gasteiger partial charge in [-0.3, -0.25) is 10.1 Å². The fraction of sp³-hybridized carbons (Fsp3) is 0.143. The Labute approximate surface area is 155 Å². The van der Waals surface area contributed by atoms with E-state index in [2.05, 4.69) is 0 Å². The summed E-state index contributed by atoms with van der Waals surface area (Å²) >= 11 is 0. The van der Waals surface area contributed by atoms with Crippen LogP contribution in [-0.4, -0.2) is 4.92 Å². The Morgan fingerprint density at radius 3 is 1.74 bits per heavy atom. The summed E-state index contributed by atoms with van der Waals surface area (Å²) in [5.41, 5.74) is 0.803. The van der Waals surface area contributed by atoms with Gasteiger partial charge in [-0.2, -0.15) is 0 Å². The molecule has 0 aliphatic rings. The molecule has 0 atom stereocenters. The lowest BCUT2D eigenvalue weighted by atomic mass is 10.0. The Morgan fingerprint density at radius 2 is 1.26 bits per heavy atom. The highest BCUT2D eigenvalue weighted by molar-refractivity contribution is 5.60. The maximum atomic E-state index is 10.8. The van der Waals surface area contributed by atoms with Crippen LogP contribution in [0.1, 0.15) is 34.7 Å². The molecule has 0 amide bonds. The predicted molar refractivity (Wildman–Crippen MR) is 98.6 cm³/mol. The molecule has 0 fully saturated rings. The fourth-order valence-corrected chi connectivity index (χ4v) is 3.05. The Morgan fingerprint density at radius 1 is 0.741 bits per heavy atom. The Bertz CT molecular complexity index is 1040. The number of aryl methyl sites for hydroxylation is 2. The minimum Gasteiger partial charge on any atom is -0.465 e. The first-order valence-corrected chi connectivity index (χ1v) is 8.48. The summed E-state index contributed by atoms with van der Waals surface area (Å²) in [5.74, 6) is 4.06. The highest BCUT2D eigenvalue weighted by Gasteiger charge is 2.26. The average Bonchev–Trinajstić information content (AvgIpc) is 3.38. The number of non-ortho nitro benzene ring substituents is 1. The molecule has 3 heterocycles. The second-order valence-corrected chi connectivity index (χ2v) is 6.34. The molecule has 4 aromatic rings. The molecular weight excluding hydrogens is 346 g/mol. The largest absolute Gasteiger partial charge is 0.465 e. The van der Waals surface area contributed by atoms with E-state index in [9.17, 15) is 10.1 Å². The van der Waals surface area contributed by atoms with Crippen LogP contribution >= 0.6 is 0 Å². The molecule has 4 rings (SSSR count). The maximum absolute atomic E-state index is 10.8. The van der Waals surface area contributed by atoms with E-state index < -0.39 is 4.92 Å². The minimum atomic E-state index is -0.425. The van der Waals surface area contributed by atoms with Crippen LogP contribution in [0.3, 0.4) is 0 Å². The van der Waals surface area contributed by atoms with E-state index in [1.165, 1.54) is 12.1 Å². The predicted octanol–water partition coefficient (Wildman–Crippen LogP) is 5.84. The maximum Gasteiger partial charge on any atom is 0.269 e. The zero-order valence-corrected chi connectivity index (χ0v) is 14.8. The lowest BCUT2D eigenvalue weighted by molar-refractivity contribution is -0.384. The molecule has 1 aromatic carbocycles. The van der Waals surface area contributed by atoms with Gasteiger partial charge in [0.25, 0.3) is 5.69 Å². The van der Waals surface area contributed by atoms with Crippen molar-refractivity contribution in [2.45, 2.75) is 19.8 Å². The van der Waals surface area contributed by atoms with Crippen molar-refractivity contribution in [2.75, 3.05) is 0 Å². The molecule has 0 spiro atoms. The van der Waals surface area contributed by atoms with Gasteiger partial charge in [-0.1, -0.05) is 0 Å². The van der Waals surface area contributed by atoms with E-state index in [4.69, 9.17) is 13.3 Å². The second-order valence-electron chi connectivity index (χ2n) is 6.34. The summed E-state index contributed by atoms with van der Waals surface area (Å²) in [5, 5.41) is 10.8. The number of hydrogen-bond acceptors (Lipinski definition) is 5. The third kappa shape index (κ3) is 3.29. The van der Waals surface area contributed by atoms with Gasteiger partial charge < -0.3 is 13.3 Å². The zero-order valence-electron chi connectivity index (χ0n) is 14.8. The van der Waals surface area contributed by atoms with Gasteiger partial charge in [-0.25, -0.2) is 0 Å². The quantitative estimate of drug-likeness (QED) is 0.329. The van der Waals surface area contributed by atoms with Crippen molar-refractivity contribution in [3.8, 4) is 11.3 Å². The summed E-state index contributed by atoms with van der Waals surface area (Å²) < 4.78 is 17.7. The molecule has 3 aromatic heterocycles. The standard InChI is InChI=1S/C21H17NO5/c1-13-3-9-18(25-13)21(19-10-4-14(2)26-19)20-12-11-17(27-20)15-5-7-16(8-6-15)22(23)24/h3-12,21H,1-2H3. The van der Waals surface area contributed by atoms with Gasteiger partial charge in [0.05, 0.1) is 4.92 Å². The van der Waals surface area contributed by atoms with Crippen LogP contribution in [0.2, 0.25) is 0 Å². The topological polar surface area (TPSA) is 82.6 Å². The van der Waals surface area contributed by atoms with Gasteiger partial charge in [0.2, 0.25) is 0 Å². The van der Waals surface area contributed by atoms with Crippen molar-refractivity contribution < 1.29 is 18.2 Å². The van der Waals surface area contributed by atoms with Gasteiger partial charge in [0, 0.05) is 17.7 Å². The Hall–Kier alpha value is -3.54. The van der Waals surface area contributed by atoms with E-state index in [-0.39, 0.29) is 11.6 Å². The Balaban J connectivity index is 1.72. The molecule has 0 aliphatic carbocycles. The van der Waals surface area contributed by atoms with Gasteiger partial charge in [-0.15, -0.1) is 0 Å². The summed E-state index contributed by atoms with van der Waals surface area (Å²) in [6.45, 7) is 3.77. The van der Waals surface area contributed by atoms with Gasteiger partial charge in [-0.05, 0) is 62.4 Å². The third-order valence-corrected chi connectivity index (χ3v) is 4.37. The van der Waals surface area contributed by atoms with Crippen LogP contribution in [0, 0.1) is 24.0 Å². The molecule has 0 bridgehead atoms. The van der Waals surface area contributed by atoms with Crippen LogP contribution in [-0.2, 0) is 0 Å². The van der Waals surface area contributed by atoms with Crippen molar-refractivity contribution in [1.29, 1.82) is 0 Å². The van der Waals surface area contributed by atoms with Crippen molar-refractivity contribution in [3.63, 3.8) is 0 Å². The smallest absolute Gasteiger partial charge is 0.269 e. The number of hydrogen-bond donors (Lipinski definition) is 0. The van der Waals surface area contributed by atoms with Crippen LogP contribution in [0.5, 0.6) is 0 Å². The molecule has 0 unspecified atom stereocenters. The molecule has 136 valence electrons. The molecule has 27 heavy (non-hydrogen) atoms. The number of furan rings is 3. The van der Waals surface area contributed by atoms with Gasteiger partial charge in [0.1, 0.15) is 40.5 Å². The number of benzene rings is 1. The van der Waals surface area contributed by atoms with E-state index >= 15 is 0 Å². The van der Waals surface area contributed by atoms with Crippen LogP contribution in [0.4, 0.5) is 5.69 Å². The van der Waals surface area contributed by atoms with Gasteiger partial charge >= 0.3 is 0 Å². The van der Waals surface area contributed by atoms with Crippen LogP contribution in [0.25, 0.3) is 11.3 Å². The monoisotopic (exact) mass is 363 g/mol. The fourth-order valence-electron chi connectivity index (χ4n) is 3.05. The molecule has 6 nitrogen and oxygen atoms in total. The summed E-state index contributed by atoms with van der Waals surface area (Å²) in [6, 6.07) is 17.6. The summed E-state index contributed by atoms with van der Waals surface area (Å²) in [4.78, 5) is 10.4. The van der Waals surface area contributed by atoms with E-state index in [1.807, 2.05) is 50.2 Å². The summed E-state index contributed by atoms with van der Waals surface area (Å²) in [7, 11) is 0. The molecule has 0 N–H and O–H groups in total. The van der Waals surface area contributed by atoms with Crippen molar-refractivity contribution in [1.82, 2.24) is 0 Å². The lowest BCUT2D eigenvalue weighted by Crippen LogP contribution is -1.99. The second kappa shape index (κ2) is 6.64. The molecule has 0 saturated heterocycles. The van der Waals surface area contributed by atoms with Crippen molar-refractivity contribution >= 4 is 5.69 Å². The molecule has 0 radical (unpaired) electrons. The Kier molecular flexibility index (Phi) is 4.16. The van der Waals surface area contributed by atoms with Crippen molar-refractivity contribution in [2.24, 2.45) is 0 Å². The van der Waals surface area contributed by atoms with Crippen LogP contribution < -0.4 is 0 Å². The average molecular weight is 363 g/mol. The SMILES string of the molecule is Cc1ccc(C(c2ccc(C)o2)c2ccc(-c3ccc([N+](=O)[O-])cc3)o2)o1. The highest BCUT2D eigenvalue weighted by atomic mass is 16.6. The zero-order chi connectivity index (χ0) is 19.0. The molecule has 6 heteroatoms. The van der Waals surface area contributed by atoms with Crippen LogP contribution in [0.15, 0.2) is 73.9 Å². The number of nitrogens with zero attached hydrogens (tertiary/aromatic N) is 1. The number of nitro benzene ring substituents is 1. The minimum absolute atomic E-state index is 0.0422. The van der Waals surface area contributed by atoms with Crippen molar-refractivity contribution in [3.05, 3.63) is 99.6 Å². The van der Waals surface area contributed by atoms with E-state index in [0.717, 1.165) is 28.6 Å². The first-order chi connectivity index (χ1) is 13.0. The first-order valence-electron chi connectivity index (χ1n) is 8.48. The number of rotatable bonds is 5. The van der Waals surface area contributed by atoms with Gasteiger partial charge in [0.15, 0.2) is 0 Å². The van der Waals surface area contributed by atoms with E-state index in [1.54, 1.807) is 12.1 Å². The summed E-state index contributed by atoms with van der Waals surface area (Å²) in [6.07, 6.45) is 0. The molecule has 0 aliphatic heterocycles.